The van der Waals surface area contributed by atoms with Crippen molar-refractivity contribution in [2.45, 2.75) is 70.4 Å². The van der Waals surface area contributed by atoms with E-state index in [1.165, 1.54) is 23.9 Å². The Morgan fingerprint density at radius 1 is 1.28 bits per heavy atom. The molecule has 4 heterocycles. The highest BCUT2D eigenvalue weighted by Gasteiger charge is 2.54. The molecule has 3 aliphatic rings. The van der Waals surface area contributed by atoms with Gasteiger partial charge in [-0.15, -0.1) is 0 Å². The largest absolute Gasteiger partial charge is 0.514 e. The molecule has 43 heavy (non-hydrogen) atoms. The number of aromatic nitrogens is 1. The summed E-state index contributed by atoms with van der Waals surface area (Å²) in [5, 5.41) is 6.62. The monoisotopic (exact) mass is 602 g/mol. The zero-order valence-corrected chi connectivity index (χ0v) is 24.1. The fraction of sp³-hybridized carbons (Fsp3) is 0.483. The maximum Gasteiger partial charge on any atom is 0.514 e. The van der Waals surface area contributed by atoms with Crippen molar-refractivity contribution in [1.29, 1.82) is 0 Å². The Balaban J connectivity index is 1.59. The van der Waals surface area contributed by atoms with Gasteiger partial charge in [0.15, 0.2) is 11.3 Å². The van der Waals surface area contributed by atoms with Crippen LogP contribution in [0.4, 0.5) is 13.6 Å². The third-order valence-corrected chi connectivity index (χ3v) is 8.15. The second kappa shape index (κ2) is 11.7. The fourth-order valence-electron chi connectivity index (χ4n) is 5.67. The number of amides is 2. The summed E-state index contributed by atoms with van der Waals surface area (Å²) < 4.78 is 44.5. The van der Waals surface area contributed by atoms with Crippen molar-refractivity contribution in [3.8, 4) is 5.75 Å². The minimum absolute atomic E-state index is 0.0189. The number of oxime groups is 1. The molecule has 0 saturated carbocycles. The van der Waals surface area contributed by atoms with Gasteiger partial charge in [0.1, 0.15) is 23.8 Å². The summed E-state index contributed by atoms with van der Waals surface area (Å²) in [4.78, 5) is 61.3. The number of hydrogen-bond acceptors (Lipinski definition) is 9. The first-order chi connectivity index (χ1) is 20.4. The van der Waals surface area contributed by atoms with Crippen LogP contribution in [-0.4, -0.2) is 71.2 Å². The number of fused-ring (bicyclic) bond motifs is 5. The van der Waals surface area contributed by atoms with Crippen LogP contribution in [0.1, 0.15) is 72.5 Å². The Hall–Kier alpha value is -4.33. The summed E-state index contributed by atoms with van der Waals surface area (Å²) in [7, 11) is 1.42. The Morgan fingerprint density at radius 3 is 2.72 bits per heavy atom. The fourth-order valence-corrected chi connectivity index (χ4v) is 5.67. The second-order valence-electron chi connectivity index (χ2n) is 11.1. The molecule has 12 nitrogen and oxygen atoms in total. The molecule has 2 aromatic rings. The van der Waals surface area contributed by atoms with E-state index in [2.05, 4.69) is 10.5 Å². The van der Waals surface area contributed by atoms with Crippen LogP contribution in [0.5, 0.6) is 5.75 Å². The Labute approximate surface area is 245 Å². The smallest absolute Gasteiger partial charge is 0.431 e. The van der Waals surface area contributed by atoms with Crippen molar-refractivity contribution in [1.82, 2.24) is 14.8 Å². The normalized spacial score (nSPS) is 23.2. The molecule has 230 valence electrons. The van der Waals surface area contributed by atoms with E-state index < -0.39 is 64.1 Å². The molecule has 1 saturated heterocycles. The van der Waals surface area contributed by atoms with Crippen LogP contribution in [0, 0.1) is 11.6 Å². The first-order valence-electron chi connectivity index (χ1n) is 13.9. The van der Waals surface area contributed by atoms with Crippen LogP contribution in [0.25, 0.3) is 0 Å². The van der Waals surface area contributed by atoms with Gasteiger partial charge in [-0.1, -0.05) is 11.2 Å². The predicted octanol–water partition coefficient (Wildman–Crippen LogP) is 3.32. The number of carbonyl (C=O) groups excluding carboxylic acids is 3. The number of nitrogens with one attached hydrogen (secondary N) is 1. The van der Waals surface area contributed by atoms with E-state index in [-0.39, 0.29) is 37.0 Å². The van der Waals surface area contributed by atoms with Crippen LogP contribution in [0.15, 0.2) is 34.3 Å². The highest BCUT2D eigenvalue weighted by Crippen LogP contribution is 2.46. The molecule has 1 fully saturated rings. The molecule has 1 N–H and O–H groups in total. The van der Waals surface area contributed by atoms with E-state index in [0.717, 1.165) is 11.8 Å². The topological polar surface area (TPSA) is 138 Å². The van der Waals surface area contributed by atoms with Crippen LogP contribution in [0.3, 0.4) is 0 Å². The lowest BCUT2D eigenvalue weighted by Crippen LogP contribution is -2.52. The number of nitrogens with zero attached hydrogens (tertiary/aromatic N) is 3. The number of rotatable bonds is 7. The van der Waals surface area contributed by atoms with E-state index in [1.807, 2.05) is 13.8 Å². The molecule has 4 atom stereocenters. The van der Waals surface area contributed by atoms with E-state index in [1.54, 1.807) is 11.8 Å². The summed E-state index contributed by atoms with van der Waals surface area (Å²) in [5.74, 6) is -3.85. The lowest BCUT2D eigenvalue weighted by Gasteiger charge is -2.42. The molecule has 3 aliphatic heterocycles. The predicted molar refractivity (Wildman–Crippen MR) is 147 cm³/mol. The van der Waals surface area contributed by atoms with E-state index >= 15 is 0 Å². The van der Waals surface area contributed by atoms with E-state index in [4.69, 9.17) is 19.0 Å². The lowest BCUT2D eigenvalue weighted by molar-refractivity contribution is -0.0655. The third kappa shape index (κ3) is 5.70. The van der Waals surface area contributed by atoms with Gasteiger partial charge in [0, 0.05) is 50.5 Å². The Kier molecular flexibility index (Phi) is 8.23. The van der Waals surface area contributed by atoms with Crippen molar-refractivity contribution in [3.05, 3.63) is 63.1 Å². The number of halogens is 2. The van der Waals surface area contributed by atoms with Gasteiger partial charge in [-0.2, -0.15) is 0 Å². The molecule has 1 aromatic heterocycles. The summed E-state index contributed by atoms with van der Waals surface area (Å²) in [6.45, 7) is 4.97. The van der Waals surface area contributed by atoms with Gasteiger partial charge >= 0.3 is 6.16 Å². The van der Waals surface area contributed by atoms with Crippen LogP contribution >= 0.6 is 0 Å². The maximum atomic E-state index is 14.2. The summed E-state index contributed by atoms with van der Waals surface area (Å²) >= 11 is 0. The van der Waals surface area contributed by atoms with Gasteiger partial charge in [0.05, 0.1) is 17.9 Å². The zero-order valence-electron chi connectivity index (χ0n) is 24.1. The second-order valence-corrected chi connectivity index (χ2v) is 11.1. The van der Waals surface area contributed by atoms with Crippen LogP contribution in [-0.2, 0) is 20.9 Å². The van der Waals surface area contributed by atoms with Crippen LogP contribution < -0.4 is 15.5 Å². The molecule has 2 amide bonds. The van der Waals surface area contributed by atoms with Crippen molar-refractivity contribution in [3.63, 3.8) is 0 Å². The molecular formula is C29H32F2N4O8. The number of hydrogen-bond donors (Lipinski definition) is 1. The SMILES string of the molecule is CO[C@H](C)COC(=O)Oc1c2n(cc(C(=O)NCc3ccc(F)cc3F)c1=O)[C@@H]1CN(C2=O)[C@@H](C)CC[C@]12CC(C)=NO2. The Morgan fingerprint density at radius 2 is 2.05 bits per heavy atom. The minimum Gasteiger partial charge on any atom is -0.431 e. The summed E-state index contributed by atoms with van der Waals surface area (Å²) in [6.07, 6.45) is 1.02. The molecule has 2 bridgehead atoms. The first-order valence-corrected chi connectivity index (χ1v) is 13.9. The highest BCUT2D eigenvalue weighted by molar-refractivity contribution is 6.00. The lowest BCUT2D eigenvalue weighted by atomic mass is 9.84. The molecule has 0 unspecified atom stereocenters. The van der Waals surface area contributed by atoms with E-state index in [0.29, 0.717) is 25.3 Å². The molecule has 1 aromatic carbocycles. The van der Waals surface area contributed by atoms with Crippen LogP contribution in [0.2, 0.25) is 0 Å². The molecular weight excluding hydrogens is 570 g/mol. The molecule has 1 spiro atoms. The van der Waals surface area contributed by atoms with Gasteiger partial charge in [-0.25, -0.2) is 13.6 Å². The number of ether oxygens (including phenoxy) is 3. The van der Waals surface area contributed by atoms with Gasteiger partial charge < -0.3 is 33.8 Å². The van der Waals surface area contributed by atoms with E-state index in [9.17, 15) is 28.0 Å². The Bertz CT molecular complexity index is 1560. The quantitative estimate of drug-likeness (QED) is 0.477. The molecule has 0 aliphatic carbocycles. The number of benzene rings is 1. The average molecular weight is 603 g/mol. The van der Waals surface area contributed by atoms with Crippen molar-refractivity contribution >= 4 is 23.7 Å². The average Bonchev–Trinajstić information content (AvgIpc) is 3.30. The van der Waals surface area contributed by atoms with Crippen molar-refractivity contribution in [2.24, 2.45) is 5.16 Å². The standard InChI is InChI=1S/C29H32F2N4O8/c1-15-10-29(43-33-15)8-7-16(2)34-13-22(29)35-12-20(26(37)32-11-18-5-6-19(30)9-21(18)31)24(36)25(23(35)27(34)38)42-28(39)41-14-17(3)40-4/h5-6,9,12,16-17,22H,7-8,10-11,13-14H2,1-4H3,(H,32,37)/t16-,17+,22+,29-/m0/s1. The van der Waals surface area contributed by atoms with Gasteiger partial charge in [0.2, 0.25) is 11.2 Å². The summed E-state index contributed by atoms with van der Waals surface area (Å²) in [6, 6.07) is 2.03. The molecule has 0 radical (unpaired) electrons. The first kappa shape index (κ1) is 30.1. The van der Waals surface area contributed by atoms with Crippen molar-refractivity contribution in [2.75, 3.05) is 20.3 Å². The number of pyridine rings is 1. The highest BCUT2D eigenvalue weighted by atomic mass is 19.1. The summed E-state index contributed by atoms with van der Waals surface area (Å²) in [5.41, 5.74) is -1.92. The van der Waals surface area contributed by atoms with Crippen molar-refractivity contribution < 1.29 is 42.2 Å². The van der Waals surface area contributed by atoms with Gasteiger partial charge in [-0.3, -0.25) is 14.4 Å². The van der Waals surface area contributed by atoms with Gasteiger partial charge in [0.25, 0.3) is 11.8 Å². The third-order valence-electron chi connectivity index (χ3n) is 8.15. The minimum atomic E-state index is -1.27. The molecule has 14 heteroatoms. The maximum absolute atomic E-state index is 14.2. The molecule has 5 rings (SSSR count). The number of carbonyl (C=O) groups is 3. The zero-order chi connectivity index (χ0) is 31.1. The number of methoxy groups -OCH3 is 1. The van der Waals surface area contributed by atoms with Gasteiger partial charge in [-0.05, 0) is 39.7 Å².